The van der Waals surface area contributed by atoms with E-state index in [-0.39, 0.29) is 5.56 Å². The molecule has 0 saturated heterocycles. The van der Waals surface area contributed by atoms with Gasteiger partial charge in [0, 0.05) is 6.07 Å². The highest BCUT2D eigenvalue weighted by Crippen LogP contribution is 2.17. The van der Waals surface area contributed by atoms with Gasteiger partial charge in [-0.25, -0.2) is 4.39 Å². The molecule has 1 aromatic carbocycles. The molecule has 1 aromatic rings. The second kappa shape index (κ2) is 5.35. The normalized spacial score (nSPS) is 13.0. The smallest absolute Gasteiger partial charge is 0.254 e. The van der Waals surface area contributed by atoms with Crippen LogP contribution >= 0.6 is 0 Å². The molecule has 1 rings (SSSR count). The van der Waals surface area contributed by atoms with Crippen molar-refractivity contribution in [1.29, 1.82) is 0 Å². The number of hydrogen-bond acceptors (Lipinski definition) is 3. The van der Waals surface area contributed by atoms with Crippen molar-refractivity contribution < 1.29 is 19.0 Å². The Morgan fingerprint density at radius 3 is 2.56 bits per heavy atom. The number of rotatable bonds is 4. The van der Waals surface area contributed by atoms with Gasteiger partial charge in [0.2, 0.25) is 0 Å². The van der Waals surface area contributed by atoms with Crippen LogP contribution in [-0.4, -0.2) is 29.8 Å². The molecule has 18 heavy (non-hydrogen) atoms. The maximum absolute atomic E-state index is 13.7. The second-order valence-corrected chi connectivity index (χ2v) is 4.70. The predicted octanol–water partition coefficient (Wildman–Crippen LogP) is 1.72. The maximum atomic E-state index is 13.7. The van der Waals surface area contributed by atoms with Crippen LogP contribution in [-0.2, 0) is 0 Å². The average Bonchev–Trinajstić information content (AvgIpc) is 2.27. The molecule has 0 spiro atoms. The van der Waals surface area contributed by atoms with Crippen molar-refractivity contribution in [3.8, 4) is 5.75 Å². The van der Waals surface area contributed by atoms with E-state index in [1.165, 1.54) is 19.2 Å². The Balaban J connectivity index is 2.92. The van der Waals surface area contributed by atoms with Crippen molar-refractivity contribution in [3.05, 3.63) is 29.6 Å². The molecule has 0 fully saturated rings. The fourth-order valence-electron chi connectivity index (χ4n) is 1.27. The first-order valence-electron chi connectivity index (χ1n) is 5.62. The highest BCUT2D eigenvalue weighted by Gasteiger charge is 2.27. The Morgan fingerprint density at radius 1 is 1.50 bits per heavy atom. The number of methoxy groups -OCH3 is 1. The Kier molecular flexibility index (Phi) is 4.29. The van der Waals surface area contributed by atoms with Crippen molar-refractivity contribution >= 4 is 5.91 Å². The van der Waals surface area contributed by atoms with Gasteiger partial charge in [-0.3, -0.25) is 4.79 Å². The molecular formula is C13H18FNO3. The summed E-state index contributed by atoms with van der Waals surface area (Å²) in [6, 6.07) is 4.00. The Labute approximate surface area is 106 Å². The number of aliphatic hydroxyl groups is 1. The van der Waals surface area contributed by atoms with Crippen LogP contribution in [0.25, 0.3) is 0 Å². The van der Waals surface area contributed by atoms with E-state index in [0.717, 1.165) is 6.07 Å². The van der Waals surface area contributed by atoms with Crippen molar-refractivity contribution in [1.82, 2.24) is 5.32 Å². The maximum Gasteiger partial charge on any atom is 0.254 e. The van der Waals surface area contributed by atoms with Gasteiger partial charge in [0.15, 0.2) is 0 Å². The molecule has 0 aliphatic rings. The van der Waals surface area contributed by atoms with Gasteiger partial charge >= 0.3 is 0 Å². The third-order valence-corrected chi connectivity index (χ3v) is 2.90. The number of benzene rings is 1. The number of ether oxygens (including phenoxy) is 1. The molecule has 100 valence electrons. The van der Waals surface area contributed by atoms with Gasteiger partial charge in [0.25, 0.3) is 5.91 Å². The fraction of sp³-hybridized carbons (Fsp3) is 0.462. The summed E-state index contributed by atoms with van der Waals surface area (Å²) >= 11 is 0. The van der Waals surface area contributed by atoms with Crippen LogP contribution in [0.4, 0.5) is 4.39 Å². The molecule has 1 unspecified atom stereocenters. The zero-order chi connectivity index (χ0) is 13.9. The number of nitrogens with one attached hydrogen (secondary N) is 1. The lowest BCUT2D eigenvalue weighted by molar-refractivity contribution is 0.0706. The number of halogens is 1. The molecule has 4 nitrogen and oxygen atoms in total. The van der Waals surface area contributed by atoms with Crippen LogP contribution < -0.4 is 10.1 Å². The Hall–Kier alpha value is -1.62. The van der Waals surface area contributed by atoms with Crippen LogP contribution in [0.1, 0.15) is 31.1 Å². The molecular weight excluding hydrogens is 237 g/mol. The van der Waals surface area contributed by atoms with Crippen molar-refractivity contribution in [3.63, 3.8) is 0 Å². The zero-order valence-corrected chi connectivity index (χ0v) is 11.0. The monoisotopic (exact) mass is 255 g/mol. The van der Waals surface area contributed by atoms with E-state index in [4.69, 9.17) is 4.74 Å². The molecule has 2 N–H and O–H groups in total. The van der Waals surface area contributed by atoms with Gasteiger partial charge in [0.1, 0.15) is 11.6 Å². The topological polar surface area (TPSA) is 58.6 Å². The summed E-state index contributed by atoms with van der Waals surface area (Å²) in [5, 5.41) is 12.1. The van der Waals surface area contributed by atoms with Crippen LogP contribution in [0.5, 0.6) is 5.75 Å². The first-order chi connectivity index (χ1) is 8.27. The van der Waals surface area contributed by atoms with E-state index in [2.05, 4.69) is 5.32 Å². The molecule has 0 aliphatic carbocycles. The third-order valence-electron chi connectivity index (χ3n) is 2.90. The molecule has 0 heterocycles. The van der Waals surface area contributed by atoms with Crippen LogP contribution in [0, 0.1) is 5.82 Å². The molecule has 0 saturated carbocycles. The zero-order valence-electron chi connectivity index (χ0n) is 11.0. The van der Waals surface area contributed by atoms with E-state index >= 15 is 0 Å². The minimum Gasteiger partial charge on any atom is -0.497 e. The Bertz CT molecular complexity index is 444. The summed E-state index contributed by atoms with van der Waals surface area (Å²) < 4.78 is 18.5. The van der Waals surface area contributed by atoms with Gasteiger partial charge < -0.3 is 15.2 Å². The average molecular weight is 255 g/mol. The molecule has 0 aliphatic heterocycles. The van der Waals surface area contributed by atoms with E-state index in [1.54, 1.807) is 20.8 Å². The number of carbonyl (C=O) groups is 1. The van der Waals surface area contributed by atoms with E-state index in [9.17, 15) is 14.3 Å². The number of carbonyl (C=O) groups excluding carboxylic acids is 1. The lowest BCUT2D eigenvalue weighted by atomic mass is 9.98. The summed E-state index contributed by atoms with van der Waals surface area (Å²) in [7, 11) is 1.42. The summed E-state index contributed by atoms with van der Waals surface area (Å²) in [4.78, 5) is 11.9. The van der Waals surface area contributed by atoms with Gasteiger partial charge in [0.05, 0.1) is 24.3 Å². The molecule has 0 bridgehead atoms. The van der Waals surface area contributed by atoms with Crippen LogP contribution in [0.2, 0.25) is 0 Å². The van der Waals surface area contributed by atoms with Gasteiger partial charge in [-0.15, -0.1) is 0 Å². The number of aliphatic hydroxyl groups excluding tert-OH is 1. The molecule has 1 amide bonds. The largest absolute Gasteiger partial charge is 0.497 e. The van der Waals surface area contributed by atoms with Crippen molar-refractivity contribution in [2.45, 2.75) is 32.4 Å². The molecule has 0 aromatic heterocycles. The summed E-state index contributed by atoms with van der Waals surface area (Å²) in [5.74, 6) is -0.881. The quantitative estimate of drug-likeness (QED) is 0.861. The van der Waals surface area contributed by atoms with Gasteiger partial charge in [-0.1, -0.05) is 0 Å². The fourth-order valence-corrected chi connectivity index (χ4v) is 1.27. The third kappa shape index (κ3) is 3.20. The lowest BCUT2D eigenvalue weighted by Gasteiger charge is -2.29. The van der Waals surface area contributed by atoms with E-state index in [0.29, 0.717) is 5.75 Å². The highest BCUT2D eigenvalue weighted by atomic mass is 19.1. The van der Waals surface area contributed by atoms with Gasteiger partial charge in [-0.05, 0) is 32.9 Å². The first kappa shape index (κ1) is 14.4. The van der Waals surface area contributed by atoms with Crippen molar-refractivity contribution in [2.24, 2.45) is 0 Å². The van der Waals surface area contributed by atoms with Crippen LogP contribution in [0.15, 0.2) is 18.2 Å². The minimum absolute atomic E-state index is 0.0791. The lowest BCUT2D eigenvalue weighted by Crippen LogP contribution is -2.51. The number of amides is 1. The SMILES string of the molecule is COc1ccc(C(=O)NC(C)(C)C(C)O)c(F)c1. The van der Waals surface area contributed by atoms with E-state index < -0.39 is 23.4 Å². The first-order valence-corrected chi connectivity index (χ1v) is 5.62. The minimum atomic E-state index is -0.830. The molecule has 5 heteroatoms. The van der Waals surface area contributed by atoms with Gasteiger partial charge in [-0.2, -0.15) is 0 Å². The second-order valence-electron chi connectivity index (χ2n) is 4.70. The summed E-state index contributed by atoms with van der Waals surface area (Å²) in [6.45, 7) is 4.89. The van der Waals surface area contributed by atoms with E-state index in [1.807, 2.05) is 0 Å². The predicted molar refractivity (Wildman–Crippen MR) is 66.2 cm³/mol. The number of hydrogen-bond donors (Lipinski definition) is 2. The summed E-state index contributed by atoms with van der Waals surface area (Å²) in [6.07, 6.45) is -0.747. The molecule has 0 radical (unpaired) electrons. The standard InChI is InChI=1S/C13H18FNO3/c1-8(16)13(2,3)15-12(17)10-6-5-9(18-4)7-11(10)14/h5-8,16H,1-4H3,(H,15,17). The highest BCUT2D eigenvalue weighted by molar-refractivity contribution is 5.95. The van der Waals surface area contributed by atoms with Crippen LogP contribution in [0.3, 0.4) is 0 Å². The summed E-state index contributed by atoms with van der Waals surface area (Å²) in [5.41, 5.74) is -0.909. The Morgan fingerprint density at radius 2 is 2.11 bits per heavy atom. The molecule has 1 atom stereocenters. The van der Waals surface area contributed by atoms with Crippen molar-refractivity contribution in [2.75, 3.05) is 7.11 Å².